The normalized spacial score (nSPS) is 16.9. The molecule has 57 heavy (non-hydrogen) atoms. The van der Waals surface area contributed by atoms with Crippen LogP contribution in [0.15, 0.2) is 20.0 Å². The van der Waals surface area contributed by atoms with Crippen LogP contribution in [-0.4, -0.2) is 41.6 Å². The summed E-state index contributed by atoms with van der Waals surface area (Å²) in [7, 11) is 0. The minimum Gasteiger partial charge on any atom is -0.192 e. The van der Waals surface area contributed by atoms with Crippen molar-refractivity contribution in [2.24, 2.45) is 20.0 Å². The van der Waals surface area contributed by atoms with Crippen molar-refractivity contribution in [1.82, 2.24) is 9.13 Å². The molecule has 0 radical (unpaired) electrons. The van der Waals surface area contributed by atoms with Crippen LogP contribution in [0.2, 0.25) is 0 Å². The number of nitrogens with zero attached hydrogens (tertiary/aromatic N) is 8. The lowest BCUT2D eigenvalue weighted by atomic mass is 9.89. The van der Waals surface area contributed by atoms with Gasteiger partial charge in [-0.1, -0.05) is 20.0 Å². The molecule has 0 amide bonds. The van der Waals surface area contributed by atoms with E-state index in [-0.39, 0.29) is 0 Å². The molecule has 0 unspecified atom stereocenters. The fourth-order valence-corrected chi connectivity index (χ4v) is 11.8. The Balaban J connectivity index is 1.47. The number of aryl methyl sites for hydroxylation is 4. The molecule has 6 aliphatic rings. The maximum absolute atomic E-state index is 5.89. The van der Waals surface area contributed by atoms with E-state index in [1.165, 1.54) is 133 Å². The molecule has 12 rings (SSSR count). The Morgan fingerprint density at radius 1 is 0.316 bits per heavy atom. The minimum atomic E-state index is -1.03. The smallest absolute Gasteiger partial charge is 0.192 e. The van der Waals surface area contributed by atoms with Crippen molar-refractivity contribution in [3.8, 4) is 0 Å². The molecule has 6 aliphatic heterocycles. The lowest BCUT2D eigenvalue weighted by Gasteiger charge is -2.40. The maximum Gasteiger partial charge on any atom is 0.404 e. The van der Waals surface area contributed by atoms with Crippen LogP contribution in [0.1, 0.15) is 111 Å². The first-order chi connectivity index (χ1) is 27.0. The van der Waals surface area contributed by atoms with Gasteiger partial charge in [-0.15, -0.1) is 9.15 Å². The topological polar surface area (TPSA) is 65.3 Å². The molecule has 8 heterocycles. The number of hydrogen-bond acceptors (Lipinski definition) is 4. The summed E-state index contributed by atoms with van der Waals surface area (Å²) in [4.78, 5) is 23.6. The summed E-state index contributed by atoms with van der Waals surface area (Å²) in [5.74, 6) is 4.69. The quantitative estimate of drug-likeness (QED) is 0.140. The summed E-state index contributed by atoms with van der Waals surface area (Å²) in [5, 5.41) is 4.74. The van der Waals surface area contributed by atoms with Gasteiger partial charge in [-0.25, -0.2) is 0 Å². The highest BCUT2D eigenvalue weighted by Crippen LogP contribution is 2.56. The molecule has 0 aliphatic carbocycles. The van der Waals surface area contributed by atoms with Gasteiger partial charge in [0.1, 0.15) is 0 Å². The highest BCUT2D eigenvalue weighted by Gasteiger charge is 2.70. The third-order valence-electron chi connectivity index (χ3n) is 16.3. The fourth-order valence-electron chi connectivity index (χ4n) is 11.8. The van der Waals surface area contributed by atoms with Crippen molar-refractivity contribution in [3.63, 3.8) is 0 Å². The zero-order valence-corrected chi connectivity index (χ0v) is 36.1. The van der Waals surface area contributed by atoms with Gasteiger partial charge in [-0.2, -0.15) is 9.13 Å². The molecule has 6 aromatic rings. The Morgan fingerprint density at radius 3 is 0.965 bits per heavy atom. The van der Waals surface area contributed by atoms with Crippen molar-refractivity contribution in [1.29, 1.82) is 0 Å². The van der Waals surface area contributed by atoms with Gasteiger partial charge in [0.05, 0.1) is 43.8 Å². The van der Waals surface area contributed by atoms with E-state index >= 15 is 0 Å². The van der Waals surface area contributed by atoms with Crippen molar-refractivity contribution < 1.29 is 9.15 Å². The zero-order valence-electron chi connectivity index (χ0n) is 36.1. The van der Waals surface area contributed by atoms with Crippen LogP contribution in [0.4, 0.5) is 11.6 Å². The predicted molar refractivity (Wildman–Crippen MR) is 229 cm³/mol. The van der Waals surface area contributed by atoms with Crippen LogP contribution in [0.25, 0.3) is 21.5 Å². The SMILES string of the molecule is Cc1c(C)c(C)c2c(c1C)C1=Nc3c4c(C)c(C)c(C)c(C)c4c4n3C35n6c(c7c(C)c(C)c(C)c(C)c7c6=NC6=[N+]3C(=N4)c3c(C)c(C)c(C)c(C)c36)=NC2=[N+]15. The van der Waals surface area contributed by atoms with Crippen LogP contribution >= 0.6 is 0 Å². The molecule has 282 valence electrons. The third-order valence-corrected chi connectivity index (χ3v) is 16.3. The first kappa shape index (κ1) is 33.4. The summed E-state index contributed by atoms with van der Waals surface area (Å²) >= 11 is 0. The number of benzene rings is 4. The molecule has 0 saturated heterocycles. The summed E-state index contributed by atoms with van der Waals surface area (Å²) in [6, 6.07) is 0. The van der Waals surface area contributed by atoms with Crippen LogP contribution in [0, 0.1) is 111 Å². The first-order valence-corrected chi connectivity index (χ1v) is 20.5. The predicted octanol–water partition coefficient (Wildman–Crippen LogP) is 8.64. The minimum absolute atomic E-state index is 0.954. The van der Waals surface area contributed by atoms with Gasteiger partial charge in [-0.05, 0) is 200 Å². The molecule has 0 atom stereocenters. The molecule has 4 aromatic carbocycles. The van der Waals surface area contributed by atoms with E-state index in [0.29, 0.717) is 0 Å². The first-order valence-electron chi connectivity index (χ1n) is 20.5. The highest BCUT2D eigenvalue weighted by atomic mass is 15.7. The fraction of sp³-hybridized carbons (Fsp3) is 0.347. The van der Waals surface area contributed by atoms with E-state index in [1.807, 2.05) is 0 Å². The zero-order chi connectivity index (χ0) is 40.1. The number of amidine groups is 4. The molecular formula is C49H48N8+2. The number of aromatic nitrogens is 2. The lowest BCUT2D eigenvalue weighted by molar-refractivity contribution is -0.790. The van der Waals surface area contributed by atoms with Gasteiger partial charge in [0.15, 0.2) is 0 Å². The second-order valence-corrected chi connectivity index (χ2v) is 18.0. The maximum atomic E-state index is 5.89. The van der Waals surface area contributed by atoms with Crippen LogP contribution in [0.5, 0.6) is 0 Å². The van der Waals surface area contributed by atoms with Gasteiger partial charge < -0.3 is 0 Å². The van der Waals surface area contributed by atoms with Gasteiger partial charge >= 0.3 is 5.91 Å². The Bertz CT molecular complexity index is 3270. The summed E-state index contributed by atoms with van der Waals surface area (Å²) < 4.78 is 9.98. The Kier molecular flexibility index (Phi) is 5.66. The van der Waals surface area contributed by atoms with Crippen molar-refractivity contribution in [2.45, 2.75) is 117 Å². The van der Waals surface area contributed by atoms with Gasteiger partial charge in [-0.3, -0.25) is 0 Å². The van der Waals surface area contributed by atoms with Gasteiger partial charge in [0, 0.05) is 0 Å². The van der Waals surface area contributed by atoms with Gasteiger partial charge in [0.25, 0.3) is 23.3 Å². The van der Waals surface area contributed by atoms with Crippen molar-refractivity contribution >= 4 is 56.5 Å². The average Bonchev–Trinajstić information content (AvgIpc) is 3.92. The summed E-state index contributed by atoms with van der Waals surface area (Å²) in [6.45, 7) is 36.4. The molecule has 8 heteroatoms. The molecule has 8 nitrogen and oxygen atoms in total. The number of fused-ring (bicyclic) bond motifs is 12. The second-order valence-electron chi connectivity index (χ2n) is 18.0. The Labute approximate surface area is 332 Å². The standard InChI is InChI=1S/C49H48N8/c1-17-18(2)26(10)34-33(25(17)9)41-50-43-35-27(11)19(3)20(4)28(12)36(35)45-52-47-39-31(15)23(7)24(8)32(16)40(39)48-53-46-38-30(14)22(6)21(5)29(13)37(38)44-51-42(34)54(41)49(55(43)45,56(44)46)57(47)48/h1-16H3/q+2. The molecule has 0 bridgehead atoms. The summed E-state index contributed by atoms with van der Waals surface area (Å²) in [6.07, 6.45) is 0. The molecule has 2 aromatic heterocycles. The van der Waals surface area contributed by atoms with E-state index < -0.39 is 5.91 Å². The van der Waals surface area contributed by atoms with E-state index in [9.17, 15) is 0 Å². The number of rotatable bonds is 0. The number of aliphatic imine (C=N–C) groups is 2. The van der Waals surface area contributed by atoms with E-state index in [0.717, 1.165) is 46.0 Å². The monoisotopic (exact) mass is 748 g/mol. The number of hydrogen-bond donors (Lipinski definition) is 0. The van der Waals surface area contributed by atoms with Crippen LogP contribution < -0.4 is 11.0 Å². The lowest BCUT2D eigenvalue weighted by Crippen LogP contribution is -2.71. The third kappa shape index (κ3) is 3.10. The van der Waals surface area contributed by atoms with E-state index in [1.54, 1.807) is 0 Å². The second kappa shape index (κ2) is 9.67. The average molecular weight is 749 g/mol. The largest absolute Gasteiger partial charge is 0.404 e. The molecular weight excluding hydrogens is 701 g/mol. The van der Waals surface area contributed by atoms with Crippen LogP contribution in [-0.2, 0) is 5.91 Å². The molecule has 0 N–H and O–H groups in total. The molecule has 1 spiro atoms. The molecule has 0 saturated carbocycles. The summed E-state index contributed by atoms with van der Waals surface area (Å²) in [5.41, 5.74) is 27.2. The van der Waals surface area contributed by atoms with E-state index in [4.69, 9.17) is 20.0 Å². The molecule has 0 fully saturated rings. The van der Waals surface area contributed by atoms with Crippen LogP contribution in [0.3, 0.4) is 0 Å². The van der Waals surface area contributed by atoms with E-state index in [2.05, 4.69) is 129 Å². The Morgan fingerprint density at radius 2 is 0.614 bits per heavy atom. The Hall–Kier alpha value is -5.76. The highest BCUT2D eigenvalue weighted by molar-refractivity contribution is 6.22. The van der Waals surface area contributed by atoms with Crippen molar-refractivity contribution in [2.75, 3.05) is 0 Å². The van der Waals surface area contributed by atoms with Crippen molar-refractivity contribution in [3.05, 3.63) is 122 Å². The van der Waals surface area contributed by atoms with Gasteiger partial charge in [0.2, 0.25) is 22.6 Å².